The van der Waals surface area contributed by atoms with E-state index in [0.717, 1.165) is 25.9 Å². The van der Waals surface area contributed by atoms with Crippen molar-refractivity contribution in [2.45, 2.75) is 12.8 Å². The molecule has 0 radical (unpaired) electrons. The normalized spacial score (nSPS) is 15.1. The van der Waals surface area contributed by atoms with Gasteiger partial charge in [0.1, 0.15) is 4.60 Å². The molecule has 2 heterocycles. The minimum atomic E-state index is -0.556. The topological polar surface area (TPSA) is 55.3 Å². The maximum absolute atomic E-state index is 11.4. The minimum Gasteiger partial charge on any atom is -0.464 e. The van der Waals surface area contributed by atoms with Crippen LogP contribution in [-0.4, -0.2) is 36.1 Å². The monoisotopic (exact) mass is 319 g/mol. The van der Waals surface area contributed by atoms with Crippen LogP contribution in [0.4, 0.5) is 5.82 Å². The fourth-order valence-electron chi connectivity index (χ4n) is 1.74. The molecule has 0 aromatic carbocycles. The van der Waals surface area contributed by atoms with Gasteiger partial charge in [0, 0.05) is 13.1 Å². The molecule has 0 atom stereocenters. The van der Waals surface area contributed by atoms with Gasteiger partial charge >= 0.3 is 5.97 Å². The van der Waals surface area contributed by atoms with Gasteiger partial charge in [-0.15, -0.1) is 0 Å². The van der Waals surface area contributed by atoms with Crippen molar-refractivity contribution in [2.75, 3.05) is 25.1 Å². The second-order valence-electron chi connectivity index (χ2n) is 3.66. The van der Waals surface area contributed by atoms with Gasteiger partial charge in [0.15, 0.2) is 16.7 Å². The fraction of sp³-hybridized carbons (Fsp3) is 0.500. The number of halogens is 2. The lowest BCUT2D eigenvalue weighted by atomic mass is 10.4. The van der Waals surface area contributed by atoms with E-state index in [0.29, 0.717) is 10.4 Å². The lowest BCUT2D eigenvalue weighted by Gasteiger charge is -2.17. The van der Waals surface area contributed by atoms with Crippen LogP contribution in [0.15, 0.2) is 4.60 Å². The van der Waals surface area contributed by atoms with Crippen molar-refractivity contribution in [1.82, 2.24) is 9.97 Å². The van der Waals surface area contributed by atoms with Crippen LogP contribution < -0.4 is 4.90 Å². The van der Waals surface area contributed by atoms with Crippen molar-refractivity contribution in [3.05, 3.63) is 15.5 Å². The Kier molecular flexibility index (Phi) is 3.83. The number of carbonyl (C=O) groups excluding carboxylic acids is 1. The van der Waals surface area contributed by atoms with E-state index < -0.39 is 5.97 Å². The third-order valence-corrected chi connectivity index (χ3v) is 3.38. The Morgan fingerprint density at radius 3 is 2.65 bits per heavy atom. The highest BCUT2D eigenvalue weighted by molar-refractivity contribution is 9.10. The molecule has 0 bridgehead atoms. The number of carbonyl (C=O) groups is 1. The first-order valence-corrected chi connectivity index (χ1v) is 6.37. The summed E-state index contributed by atoms with van der Waals surface area (Å²) < 4.78 is 4.95. The molecule has 0 saturated carbocycles. The van der Waals surface area contributed by atoms with Gasteiger partial charge in [0.2, 0.25) is 0 Å². The Hall–Kier alpha value is -0.880. The smallest absolute Gasteiger partial charge is 0.359 e. The van der Waals surface area contributed by atoms with Gasteiger partial charge in [-0.05, 0) is 28.8 Å². The fourth-order valence-corrected chi connectivity index (χ4v) is 2.41. The number of nitrogens with zero attached hydrogens (tertiary/aromatic N) is 3. The van der Waals surface area contributed by atoms with Crippen LogP contribution in [0.1, 0.15) is 23.3 Å². The molecule has 0 amide bonds. The van der Waals surface area contributed by atoms with Crippen molar-refractivity contribution in [1.29, 1.82) is 0 Å². The molecule has 92 valence electrons. The maximum Gasteiger partial charge on any atom is 0.359 e. The summed E-state index contributed by atoms with van der Waals surface area (Å²) in [5.41, 5.74) is 0.0976. The largest absolute Gasteiger partial charge is 0.464 e. The summed E-state index contributed by atoms with van der Waals surface area (Å²) in [4.78, 5) is 21.7. The highest BCUT2D eigenvalue weighted by atomic mass is 79.9. The molecule has 0 spiro atoms. The zero-order chi connectivity index (χ0) is 12.4. The summed E-state index contributed by atoms with van der Waals surface area (Å²) in [6.45, 7) is 1.83. The Labute approximate surface area is 112 Å². The van der Waals surface area contributed by atoms with Crippen LogP contribution >= 0.6 is 27.5 Å². The van der Waals surface area contributed by atoms with E-state index in [1.54, 1.807) is 0 Å². The Bertz CT molecular complexity index is 449. The molecule has 1 aliphatic rings. The van der Waals surface area contributed by atoms with Crippen LogP contribution in [0.3, 0.4) is 0 Å². The number of ether oxygens (including phenoxy) is 1. The van der Waals surface area contributed by atoms with E-state index in [-0.39, 0.29) is 10.8 Å². The van der Waals surface area contributed by atoms with Gasteiger partial charge in [0.05, 0.1) is 7.11 Å². The number of hydrogen-bond donors (Lipinski definition) is 0. The second-order valence-corrected chi connectivity index (χ2v) is 4.77. The van der Waals surface area contributed by atoms with Gasteiger partial charge in [0.25, 0.3) is 0 Å². The summed E-state index contributed by atoms with van der Waals surface area (Å²) in [5, 5.41) is 0.232. The van der Waals surface area contributed by atoms with Crippen molar-refractivity contribution in [3.63, 3.8) is 0 Å². The average molecular weight is 321 g/mol. The van der Waals surface area contributed by atoms with E-state index >= 15 is 0 Å². The second kappa shape index (κ2) is 5.18. The lowest BCUT2D eigenvalue weighted by Crippen LogP contribution is -2.21. The first kappa shape index (κ1) is 12.6. The molecule has 1 fully saturated rings. The molecule has 5 nitrogen and oxygen atoms in total. The third kappa shape index (κ3) is 2.52. The Balaban J connectivity index is 2.37. The van der Waals surface area contributed by atoms with Crippen LogP contribution in [-0.2, 0) is 4.74 Å². The van der Waals surface area contributed by atoms with Gasteiger partial charge in [-0.3, -0.25) is 0 Å². The predicted molar refractivity (Wildman–Crippen MR) is 67.5 cm³/mol. The molecule has 0 aliphatic carbocycles. The summed E-state index contributed by atoms with van der Waals surface area (Å²) in [5.74, 6) is 0.0583. The molecule has 0 unspecified atom stereocenters. The average Bonchev–Trinajstić information content (AvgIpc) is 2.84. The Morgan fingerprint density at radius 1 is 1.41 bits per heavy atom. The van der Waals surface area contributed by atoms with E-state index in [1.807, 2.05) is 0 Å². The number of anilines is 1. The molecule has 1 aliphatic heterocycles. The van der Waals surface area contributed by atoms with Crippen LogP contribution in [0.5, 0.6) is 0 Å². The molecule has 1 saturated heterocycles. The zero-order valence-electron chi connectivity index (χ0n) is 9.24. The number of hydrogen-bond acceptors (Lipinski definition) is 5. The molecule has 2 rings (SSSR count). The summed E-state index contributed by atoms with van der Waals surface area (Å²) in [6.07, 6.45) is 2.24. The van der Waals surface area contributed by atoms with E-state index in [2.05, 4.69) is 35.5 Å². The zero-order valence-corrected chi connectivity index (χ0v) is 11.6. The quantitative estimate of drug-likeness (QED) is 0.783. The number of rotatable bonds is 2. The molecule has 17 heavy (non-hydrogen) atoms. The number of esters is 1. The van der Waals surface area contributed by atoms with E-state index in [1.165, 1.54) is 7.11 Å². The standard InChI is InChI=1S/C10H11BrClN3O2/c1-17-10(16)6-7(11)14-9(8(12)13-6)15-4-2-3-5-15/h2-5H2,1H3. The van der Waals surface area contributed by atoms with Crippen molar-refractivity contribution in [2.24, 2.45) is 0 Å². The first-order valence-electron chi connectivity index (χ1n) is 5.19. The van der Waals surface area contributed by atoms with Crippen LogP contribution in [0.25, 0.3) is 0 Å². The number of methoxy groups -OCH3 is 1. The Morgan fingerprint density at radius 2 is 2.06 bits per heavy atom. The van der Waals surface area contributed by atoms with Gasteiger partial charge in [-0.25, -0.2) is 14.8 Å². The third-order valence-electron chi connectivity index (χ3n) is 2.58. The van der Waals surface area contributed by atoms with E-state index in [4.69, 9.17) is 11.6 Å². The molecular formula is C10H11BrClN3O2. The maximum atomic E-state index is 11.4. The summed E-state index contributed by atoms with van der Waals surface area (Å²) in [7, 11) is 1.29. The van der Waals surface area contributed by atoms with Crippen LogP contribution in [0.2, 0.25) is 5.15 Å². The molecule has 0 N–H and O–H groups in total. The van der Waals surface area contributed by atoms with Gasteiger partial charge in [-0.2, -0.15) is 0 Å². The summed E-state index contributed by atoms with van der Waals surface area (Å²) >= 11 is 9.25. The number of aromatic nitrogens is 2. The lowest BCUT2D eigenvalue weighted by molar-refractivity contribution is 0.0592. The molecule has 1 aromatic rings. The SMILES string of the molecule is COC(=O)c1nc(Cl)c(N2CCCC2)nc1Br. The molecular weight excluding hydrogens is 309 g/mol. The highest BCUT2D eigenvalue weighted by Crippen LogP contribution is 2.28. The van der Waals surface area contributed by atoms with Crippen LogP contribution in [0, 0.1) is 0 Å². The minimum absolute atomic E-state index is 0.0976. The highest BCUT2D eigenvalue weighted by Gasteiger charge is 2.22. The van der Waals surface area contributed by atoms with Crippen molar-refractivity contribution >= 4 is 39.3 Å². The van der Waals surface area contributed by atoms with Gasteiger partial charge < -0.3 is 9.64 Å². The van der Waals surface area contributed by atoms with Crippen molar-refractivity contribution in [3.8, 4) is 0 Å². The molecule has 7 heteroatoms. The van der Waals surface area contributed by atoms with E-state index in [9.17, 15) is 4.79 Å². The molecule has 1 aromatic heterocycles. The van der Waals surface area contributed by atoms with Gasteiger partial charge in [-0.1, -0.05) is 11.6 Å². The van der Waals surface area contributed by atoms with Crippen molar-refractivity contribution < 1.29 is 9.53 Å². The first-order chi connectivity index (χ1) is 8.13. The predicted octanol–water partition coefficient (Wildman–Crippen LogP) is 2.28. The summed E-state index contributed by atoms with van der Waals surface area (Å²) in [6, 6.07) is 0.